The quantitative estimate of drug-likeness (QED) is 0.448. The van der Waals surface area contributed by atoms with Crippen LogP contribution in [0.1, 0.15) is 18.4 Å². The van der Waals surface area contributed by atoms with Gasteiger partial charge in [0.25, 0.3) is 0 Å². The Morgan fingerprint density at radius 2 is 1.95 bits per heavy atom. The number of ether oxygens (including phenoxy) is 1. The third-order valence-corrected chi connectivity index (χ3v) is 4.69. The summed E-state index contributed by atoms with van der Waals surface area (Å²) in [6, 6.07) is 14.7. The van der Waals surface area contributed by atoms with E-state index < -0.39 is 0 Å². The van der Waals surface area contributed by atoms with Crippen molar-refractivity contribution < 1.29 is 9.53 Å². The van der Waals surface area contributed by atoms with Crippen LogP contribution in [-0.2, 0) is 16.0 Å². The van der Waals surface area contributed by atoms with Crippen molar-refractivity contribution in [3.05, 3.63) is 48.0 Å². The molecule has 4 heteroatoms. The number of thioether (sulfide) groups is 1. The molecule has 0 aliphatic rings. The number of benzene rings is 2. The maximum absolute atomic E-state index is 11.0. The predicted molar refractivity (Wildman–Crippen MR) is 94.0 cm³/mol. The zero-order valence-corrected chi connectivity index (χ0v) is 13.6. The molecule has 0 spiro atoms. The van der Waals surface area contributed by atoms with E-state index in [1.807, 2.05) is 6.07 Å². The molecule has 110 valence electrons. The second kappa shape index (κ2) is 8.15. The molecular formula is C17H18O2S2. The van der Waals surface area contributed by atoms with Gasteiger partial charge in [0.05, 0.1) is 11.3 Å². The maximum Gasteiger partial charge on any atom is 0.305 e. The molecule has 0 saturated carbocycles. The van der Waals surface area contributed by atoms with Crippen LogP contribution in [0, 0.1) is 0 Å². The fourth-order valence-corrected chi connectivity index (χ4v) is 3.34. The van der Waals surface area contributed by atoms with E-state index in [0.717, 1.165) is 22.8 Å². The highest BCUT2D eigenvalue weighted by Crippen LogP contribution is 2.21. The SMILES string of the molecule is COC(=O)CCCSC(=S)Cc1cccc2ccccc12. The van der Waals surface area contributed by atoms with Crippen LogP contribution in [-0.4, -0.2) is 23.0 Å². The smallest absolute Gasteiger partial charge is 0.305 e. The van der Waals surface area contributed by atoms with E-state index >= 15 is 0 Å². The summed E-state index contributed by atoms with van der Waals surface area (Å²) < 4.78 is 5.59. The lowest BCUT2D eigenvalue weighted by molar-refractivity contribution is -0.140. The van der Waals surface area contributed by atoms with E-state index in [4.69, 9.17) is 12.2 Å². The second-order valence-electron chi connectivity index (χ2n) is 4.72. The summed E-state index contributed by atoms with van der Waals surface area (Å²) in [4.78, 5) is 11.0. The molecule has 0 saturated heterocycles. The van der Waals surface area contributed by atoms with E-state index in [9.17, 15) is 4.79 Å². The summed E-state index contributed by atoms with van der Waals surface area (Å²) in [5.41, 5.74) is 1.26. The molecule has 0 unspecified atom stereocenters. The molecule has 0 N–H and O–H groups in total. The third kappa shape index (κ3) is 4.83. The van der Waals surface area contributed by atoms with E-state index in [0.29, 0.717) is 6.42 Å². The Hall–Kier alpha value is -1.39. The number of hydrogen-bond acceptors (Lipinski definition) is 4. The maximum atomic E-state index is 11.0. The van der Waals surface area contributed by atoms with E-state index in [1.54, 1.807) is 11.8 Å². The van der Waals surface area contributed by atoms with Crippen molar-refractivity contribution >= 4 is 44.9 Å². The van der Waals surface area contributed by atoms with Crippen molar-refractivity contribution in [3.8, 4) is 0 Å². The van der Waals surface area contributed by atoms with Crippen LogP contribution in [0.5, 0.6) is 0 Å². The number of rotatable bonds is 6. The Morgan fingerprint density at radius 3 is 2.76 bits per heavy atom. The molecule has 0 atom stereocenters. The molecule has 0 heterocycles. The van der Waals surface area contributed by atoms with Crippen LogP contribution in [0.25, 0.3) is 10.8 Å². The third-order valence-electron chi connectivity index (χ3n) is 3.23. The highest BCUT2D eigenvalue weighted by Gasteiger charge is 2.05. The second-order valence-corrected chi connectivity index (χ2v) is 6.66. The molecule has 2 aromatic rings. The van der Waals surface area contributed by atoms with Crippen LogP contribution in [0.2, 0.25) is 0 Å². The summed E-state index contributed by atoms with van der Waals surface area (Å²) in [7, 11) is 1.42. The first kappa shape index (κ1) is 16.0. The lowest BCUT2D eigenvalue weighted by atomic mass is 10.0. The lowest BCUT2D eigenvalue weighted by Gasteiger charge is -2.07. The van der Waals surface area contributed by atoms with Crippen molar-refractivity contribution in [2.75, 3.05) is 12.9 Å². The van der Waals surface area contributed by atoms with Crippen LogP contribution in [0.3, 0.4) is 0 Å². The highest BCUT2D eigenvalue weighted by atomic mass is 32.2. The van der Waals surface area contributed by atoms with Gasteiger partial charge < -0.3 is 4.74 Å². The summed E-state index contributed by atoms with van der Waals surface area (Å²) in [6.07, 6.45) is 2.05. The molecule has 2 rings (SSSR count). The van der Waals surface area contributed by atoms with Crippen LogP contribution in [0.15, 0.2) is 42.5 Å². The number of methoxy groups -OCH3 is 1. The normalized spacial score (nSPS) is 10.5. The van der Waals surface area contributed by atoms with E-state index in [-0.39, 0.29) is 5.97 Å². The van der Waals surface area contributed by atoms with Gasteiger partial charge in [-0.3, -0.25) is 4.79 Å². The molecule has 0 radical (unpaired) electrons. The van der Waals surface area contributed by atoms with Gasteiger partial charge in [-0.25, -0.2) is 0 Å². The Morgan fingerprint density at radius 1 is 1.19 bits per heavy atom. The van der Waals surface area contributed by atoms with Gasteiger partial charge in [0.15, 0.2) is 0 Å². The molecule has 0 aliphatic carbocycles. The fraction of sp³-hybridized carbons (Fsp3) is 0.294. The van der Waals surface area contributed by atoms with Gasteiger partial charge in [0.2, 0.25) is 0 Å². The molecule has 0 aliphatic heterocycles. The number of thiocarbonyl (C=S) groups is 1. The van der Waals surface area contributed by atoms with Gasteiger partial charge in [0.1, 0.15) is 0 Å². The Balaban J connectivity index is 1.88. The summed E-state index contributed by atoms with van der Waals surface area (Å²) >= 11 is 7.11. The number of carbonyl (C=O) groups excluding carboxylic acids is 1. The number of fused-ring (bicyclic) bond motifs is 1. The molecule has 2 aromatic carbocycles. The van der Waals surface area contributed by atoms with Crippen LogP contribution in [0.4, 0.5) is 0 Å². The van der Waals surface area contributed by atoms with Crippen molar-refractivity contribution in [3.63, 3.8) is 0 Å². The number of hydrogen-bond donors (Lipinski definition) is 0. The first-order valence-electron chi connectivity index (χ1n) is 6.90. The topological polar surface area (TPSA) is 26.3 Å². The van der Waals surface area contributed by atoms with Gasteiger partial charge in [-0.05, 0) is 28.5 Å². The molecular weight excluding hydrogens is 300 g/mol. The van der Waals surface area contributed by atoms with Crippen molar-refractivity contribution in [2.24, 2.45) is 0 Å². The number of esters is 1. The molecule has 0 aromatic heterocycles. The first-order valence-corrected chi connectivity index (χ1v) is 8.29. The summed E-state index contributed by atoms with van der Waals surface area (Å²) in [5.74, 6) is 0.703. The molecule has 0 fully saturated rings. The van der Waals surface area contributed by atoms with Crippen molar-refractivity contribution in [1.29, 1.82) is 0 Å². The van der Waals surface area contributed by atoms with E-state index in [2.05, 4.69) is 41.1 Å². The van der Waals surface area contributed by atoms with Crippen LogP contribution >= 0.6 is 24.0 Å². The minimum atomic E-state index is -0.157. The van der Waals surface area contributed by atoms with Gasteiger partial charge in [0, 0.05) is 12.8 Å². The largest absolute Gasteiger partial charge is 0.469 e. The van der Waals surface area contributed by atoms with E-state index in [1.165, 1.54) is 23.4 Å². The first-order chi connectivity index (χ1) is 10.2. The van der Waals surface area contributed by atoms with Gasteiger partial charge in [-0.1, -0.05) is 54.7 Å². The Kier molecular flexibility index (Phi) is 6.21. The highest BCUT2D eigenvalue weighted by molar-refractivity contribution is 8.23. The zero-order valence-electron chi connectivity index (χ0n) is 12.0. The minimum absolute atomic E-state index is 0.157. The average Bonchev–Trinajstić information content (AvgIpc) is 2.51. The van der Waals surface area contributed by atoms with Crippen molar-refractivity contribution in [2.45, 2.75) is 19.3 Å². The molecule has 2 nitrogen and oxygen atoms in total. The fourth-order valence-electron chi connectivity index (χ4n) is 2.16. The molecule has 0 bridgehead atoms. The summed E-state index contributed by atoms with van der Waals surface area (Å²) in [5, 5.41) is 2.51. The Bertz CT molecular complexity index is 632. The average molecular weight is 318 g/mol. The van der Waals surface area contributed by atoms with Crippen molar-refractivity contribution in [1.82, 2.24) is 0 Å². The number of carbonyl (C=O) groups is 1. The zero-order chi connectivity index (χ0) is 15.1. The summed E-state index contributed by atoms with van der Waals surface area (Å²) in [6.45, 7) is 0. The Labute approximate surface area is 134 Å². The lowest BCUT2D eigenvalue weighted by Crippen LogP contribution is -2.02. The monoisotopic (exact) mass is 318 g/mol. The van der Waals surface area contributed by atoms with Gasteiger partial charge in [-0.2, -0.15) is 0 Å². The standard InChI is InChI=1S/C17H18O2S2/c1-19-16(18)10-5-11-21-17(20)12-14-8-4-7-13-6-2-3-9-15(13)14/h2-4,6-9H,5,10-12H2,1H3. The van der Waals surface area contributed by atoms with Gasteiger partial charge >= 0.3 is 5.97 Å². The minimum Gasteiger partial charge on any atom is -0.469 e. The predicted octanol–water partition coefficient (Wildman–Crippen LogP) is 4.40. The van der Waals surface area contributed by atoms with Crippen LogP contribution < -0.4 is 0 Å². The van der Waals surface area contributed by atoms with Gasteiger partial charge in [-0.15, -0.1) is 11.8 Å². The molecule has 21 heavy (non-hydrogen) atoms. The molecule has 0 amide bonds.